The van der Waals surface area contributed by atoms with Gasteiger partial charge in [-0.3, -0.25) is 4.99 Å². The number of rotatable bonds is 9. The summed E-state index contributed by atoms with van der Waals surface area (Å²) in [4.78, 5) is 6.93. The molecule has 0 radical (unpaired) electrons. The van der Waals surface area contributed by atoms with E-state index < -0.39 is 12.7 Å². The first kappa shape index (κ1) is 26.8. The van der Waals surface area contributed by atoms with Crippen LogP contribution in [0.25, 0.3) is 0 Å². The van der Waals surface area contributed by atoms with Crippen molar-refractivity contribution in [2.24, 2.45) is 4.99 Å². The number of aliphatic hydroxyl groups is 1. The zero-order chi connectivity index (χ0) is 21.3. The third-order valence-electron chi connectivity index (χ3n) is 5.20. The number of likely N-dealkylation sites (N-methyl/N-ethyl adjacent to an activating group) is 1. The molecule has 1 aliphatic heterocycles. The van der Waals surface area contributed by atoms with Crippen LogP contribution < -0.4 is 15.4 Å². The Hall–Kier alpha value is -1.24. The molecule has 1 saturated heterocycles. The average Bonchev–Trinajstić information content (AvgIpc) is 2.70. The van der Waals surface area contributed by atoms with E-state index in [1.54, 1.807) is 12.1 Å². The summed E-state index contributed by atoms with van der Waals surface area (Å²) >= 11 is 0. The van der Waals surface area contributed by atoms with Crippen molar-refractivity contribution in [1.29, 1.82) is 0 Å². The predicted molar refractivity (Wildman–Crippen MR) is 124 cm³/mol. The highest BCUT2D eigenvalue weighted by molar-refractivity contribution is 14.0. The maximum atomic E-state index is 12.2. The highest BCUT2D eigenvalue weighted by Gasteiger charge is 2.34. The lowest BCUT2D eigenvalue weighted by Crippen LogP contribution is -2.52. The van der Waals surface area contributed by atoms with Crippen molar-refractivity contribution >= 4 is 29.9 Å². The van der Waals surface area contributed by atoms with Gasteiger partial charge in [0, 0.05) is 31.8 Å². The first-order chi connectivity index (χ1) is 13.9. The molecule has 1 aliphatic rings. The standard InChI is InChI=1S/C20H32F2N4O3.HI/c1-4-23-19(25-14-20(26(2)3)9-11-28-12-10-20)24-13-17(27)15-5-7-16(8-6-15)29-18(21)22;/h5-8,17-18,27H,4,9-14H2,1-3H3,(H2,23,24,25);1H. The van der Waals surface area contributed by atoms with Gasteiger partial charge in [-0.05, 0) is 51.6 Å². The summed E-state index contributed by atoms with van der Waals surface area (Å²) in [6.07, 6.45) is 1.02. The van der Waals surface area contributed by atoms with Gasteiger partial charge in [0.25, 0.3) is 0 Å². The van der Waals surface area contributed by atoms with Crippen molar-refractivity contribution in [2.75, 3.05) is 46.9 Å². The second-order valence-electron chi connectivity index (χ2n) is 7.27. The SMILES string of the molecule is CCNC(=NCC1(N(C)C)CCOCC1)NCC(O)c1ccc(OC(F)F)cc1.I. The number of aliphatic hydroxyl groups excluding tert-OH is 1. The molecule has 3 N–H and O–H groups in total. The molecule has 10 heteroatoms. The third kappa shape index (κ3) is 8.12. The van der Waals surface area contributed by atoms with Crippen molar-refractivity contribution in [3.63, 3.8) is 0 Å². The van der Waals surface area contributed by atoms with E-state index in [0.717, 1.165) is 26.1 Å². The maximum absolute atomic E-state index is 12.2. The molecule has 172 valence electrons. The van der Waals surface area contributed by atoms with E-state index in [1.807, 2.05) is 6.92 Å². The Morgan fingerprint density at radius 3 is 2.40 bits per heavy atom. The van der Waals surface area contributed by atoms with Gasteiger partial charge in [-0.2, -0.15) is 8.78 Å². The average molecular weight is 542 g/mol. The lowest BCUT2D eigenvalue weighted by molar-refractivity contribution is -0.0498. The number of aliphatic imine (C=N–C) groups is 1. The molecule has 1 fully saturated rings. The monoisotopic (exact) mass is 542 g/mol. The van der Waals surface area contributed by atoms with Crippen LogP contribution in [0.3, 0.4) is 0 Å². The molecule has 30 heavy (non-hydrogen) atoms. The molecule has 0 bridgehead atoms. The molecule has 0 saturated carbocycles. The van der Waals surface area contributed by atoms with E-state index in [1.165, 1.54) is 12.1 Å². The topological polar surface area (TPSA) is 78.4 Å². The van der Waals surface area contributed by atoms with Crippen LogP contribution >= 0.6 is 24.0 Å². The minimum absolute atomic E-state index is 0. The first-order valence-corrected chi connectivity index (χ1v) is 9.86. The summed E-state index contributed by atoms with van der Waals surface area (Å²) in [5, 5.41) is 16.7. The Morgan fingerprint density at radius 2 is 1.87 bits per heavy atom. The van der Waals surface area contributed by atoms with Crippen LogP contribution in [-0.4, -0.2) is 75.1 Å². The predicted octanol–water partition coefficient (Wildman–Crippen LogP) is 2.61. The van der Waals surface area contributed by atoms with E-state index in [0.29, 0.717) is 24.6 Å². The van der Waals surface area contributed by atoms with Crippen molar-refractivity contribution in [1.82, 2.24) is 15.5 Å². The molecule has 1 atom stereocenters. The second-order valence-corrected chi connectivity index (χ2v) is 7.27. The minimum Gasteiger partial charge on any atom is -0.435 e. The number of guanidine groups is 1. The normalized spacial score (nSPS) is 17.4. The number of hydrogen-bond donors (Lipinski definition) is 3. The van der Waals surface area contributed by atoms with Gasteiger partial charge in [0.1, 0.15) is 5.75 Å². The summed E-state index contributed by atoms with van der Waals surface area (Å²) in [6, 6.07) is 5.96. The molecule has 0 spiro atoms. The fourth-order valence-electron chi connectivity index (χ4n) is 3.25. The fraction of sp³-hybridized carbons (Fsp3) is 0.650. The molecule has 1 aromatic carbocycles. The van der Waals surface area contributed by atoms with Crippen LogP contribution in [-0.2, 0) is 4.74 Å². The summed E-state index contributed by atoms with van der Waals surface area (Å²) in [7, 11) is 4.12. The quantitative estimate of drug-likeness (QED) is 0.253. The Kier molecular flexibility index (Phi) is 11.8. The molecule has 0 aromatic heterocycles. The number of hydrogen-bond acceptors (Lipinski definition) is 5. The Bertz CT molecular complexity index is 641. The van der Waals surface area contributed by atoms with Gasteiger partial charge in [-0.25, -0.2) is 0 Å². The molecule has 1 heterocycles. The molecule has 1 unspecified atom stereocenters. The molecule has 1 aromatic rings. The number of alkyl halides is 2. The molecular formula is C20H33F2IN4O3. The highest BCUT2D eigenvalue weighted by Crippen LogP contribution is 2.26. The number of benzene rings is 1. The summed E-state index contributed by atoms with van der Waals surface area (Å²) < 4.78 is 34.3. The summed E-state index contributed by atoms with van der Waals surface area (Å²) in [5.41, 5.74) is 0.559. The van der Waals surface area contributed by atoms with Crippen molar-refractivity contribution < 1.29 is 23.4 Å². The van der Waals surface area contributed by atoms with E-state index in [4.69, 9.17) is 9.73 Å². The van der Waals surface area contributed by atoms with Gasteiger partial charge < -0.3 is 30.1 Å². The fourth-order valence-corrected chi connectivity index (χ4v) is 3.25. The molecule has 7 nitrogen and oxygen atoms in total. The highest BCUT2D eigenvalue weighted by atomic mass is 127. The van der Waals surface area contributed by atoms with E-state index in [9.17, 15) is 13.9 Å². The Morgan fingerprint density at radius 1 is 1.23 bits per heavy atom. The number of nitrogens with one attached hydrogen (secondary N) is 2. The third-order valence-corrected chi connectivity index (χ3v) is 5.20. The van der Waals surface area contributed by atoms with E-state index in [2.05, 4.69) is 34.4 Å². The Labute approximate surface area is 194 Å². The van der Waals surface area contributed by atoms with Crippen LogP contribution in [0.5, 0.6) is 5.75 Å². The van der Waals surface area contributed by atoms with Gasteiger partial charge >= 0.3 is 6.61 Å². The van der Waals surface area contributed by atoms with Crippen molar-refractivity contribution in [3.8, 4) is 5.75 Å². The largest absolute Gasteiger partial charge is 0.435 e. The Balaban J connectivity index is 0.00000450. The van der Waals surface area contributed by atoms with Crippen molar-refractivity contribution in [2.45, 2.75) is 38.0 Å². The summed E-state index contributed by atoms with van der Waals surface area (Å²) in [5.74, 6) is 0.682. The zero-order valence-corrected chi connectivity index (χ0v) is 20.1. The number of halogens is 3. The number of ether oxygens (including phenoxy) is 2. The molecule has 0 amide bonds. The summed E-state index contributed by atoms with van der Waals surface area (Å²) in [6.45, 7) is 2.11. The van der Waals surface area contributed by atoms with Crippen LogP contribution in [0.1, 0.15) is 31.4 Å². The van der Waals surface area contributed by atoms with Crippen molar-refractivity contribution in [3.05, 3.63) is 29.8 Å². The number of nitrogens with zero attached hydrogens (tertiary/aromatic N) is 2. The van der Waals surface area contributed by atoms with Gasteiger partial charge in [0.15, 0.2) is 5.96 Å². The van der Waals surface area contributed by atoms with Gasteiger partial charge in [0.05, 0.1) is 12.6 Å². The van der Waals surface area contributed by atoms with Crippen LogP contribution in [0, 0.1) is 0 Å². The van der Waals surface area contributed by atoms with Crippen LogP contribution in [0.4, 0.5) is 8.78 Å². The zero-order valence-electron chi connectivity index (χ0n) is 17.7. The maximum Gasteiger partial charge on any atom is 0.387 e. The lowest BCUT2D eigenvalue weighted by atomic mass is 9.89. The first-order valence-electron chi connectivity index (χ1n) is 9.86. The van der Waals surface area contributed by atoms with Gasteiger partial charge in [0.2, 0.25) is 0 Å². The van der Waals surface area contributed by atoms with Gasteiger partial charge in [-0.15, -0.1) is 24.0 Å². The minimum atomic E-state index is -2.87. The van der Waals surface area contributed by atoms with Crippen LogP contribution in [0.15, 0.2) is 29.3 Å². The van der Waals surface area contributed by atoms with Gasteiger partial charge in [-0.1, -0.05) is 12.1 Å². The molecular weight excluding hydrogens is 509 g/mol. The molecule has 2 rings (SSSR count). The smallest absolute Gasteiger partial charge is 0.387 e. The lowest BCUT2D eigenvalue weighted by Gasteiger charge is -2.41. The van der Waals surface area contributed by atoms with E-state index in [-0.39, 0.29) is 41.8 Å². The molecule has 0 aliphatic carbocycles. The second kappa shape index (κ2) is 13.2. The van der Waals surface area contributed by atoms with E-state index >= 15 is 0 Å². The van der Waals surface area contributed by atoms with Crippen LogP contribution in [0.2, 0.25) is 0 Å².